The molecule has 0 bridgehead atoms. The number of para-hydroxylation sites is 1. The third-order valence-corrected chi connectivity index (χ3v) is 5.79. The number of carbonyl (C=O) groups is 1. The number of rotatable bonds is 4. The molecule has 2 rings (SSSR count). The molecular formula is C12H10Cl2N2O3S2. The smallest absolute Gasteiger partial charge is 0.264 e. The van der Waals surface area contributed by atoms with Crippen molar-refractivity contribution >= 4 is 56.2 Å². The average Bonchev–Trinajstić information content (AvgIpc) is 2.71. The molecule has 21 heavy (non-hydrogen) atoms. The topological polar surface area (TPSA) is 89.3 Å². The minimum absolute atomic E-state index is 0.0432. The van der Waals surface area contributed by atoms with E-state index in [0.717, 1.165) is 11.3 Å². The number of primary amides is 1. The van der Waals surface area contributed by atoms with Crippen LogP contribution in [0.2, 0.25) is 8.67 Å². The number of aryl methyl sites for hydroxylation is 1. The van der Waals surface area contributed by atoms with Gasteiger partial charge in [-0.2, -0.15) is 0 Å². The molecule has 0 aliphatic rings. The number of benzene rings is 1. The van der Waals surface area contributed by atoms with Gasteiger partial charge in [0, 0.05) is 0 Å². The number of nitrogens with one attached hydrogen (secondary N) is 1. The number of carbonyl (C=O) groups excluding carboxylic acids is 1. The Labute approximate surface area is 135 Å². The molecule has 0 atom stereocenters. The van der Waals surface area contributed by atoms with Crippen molar-refractivity contribution in [2.75, 3.05) is 4.72 Å². The van der Waals surface area contributed by atoms with Crippen molar-refractivity contribution in [3.8, 4) is 0 Å². The molecular weight excluding hydrogens is 355 g/mol. The van der Waals surface area contributed by atoms with E-state index in [1.165, 1.54) is 12.1 Å². The standard InChI is InChI=1S/C12H10Cl2N2O3S2/c1-6-3-2-4-7(12(15)17)10(6)16-21(18,19)8-5-9(13)20-11(8)14/h2-5,16H,1H3,(H2,15,17). The van der Waals surface area contributed by atoms with Crippen LogP contribution < -0.4 is 10.5 Å². The van der Waals surface area contributed by atoms with Gasteiger partial charge in [-0.25, -0.2) is 8.42 Å². The van der Waals surface area contributed by atoms with Crippen molar-refractivity contribution in [1.29, 1.82) is 0 Å². The quantitative estimate of drug-likeness (QED) is 0.872. The molecule has 0 fully saturated rings. The third kappa shape index (κ3) is 3.32. The van der Waals surface area contributed by atoms with E-state index >= 15 is 0 Å². The van der Waals surface area contributed by atoms with Crippen LogP contribution in [0.15, 0.2) is 29.2 Å². The lowest BCUT2D eigenvalue weighted by molar-refractivity contribution is 0.100. The van der Waals surface area contributed by atoms with Crippen molar-refractivity contribution in [2.24, 2.45) is 5.73 Å². The van der Waals surface area contributed by atoms with Crippen molar-refractivity contribution in [3.05, 3.63) is 44.1 Å². The molecule has 1 aromatic heterocycles. The fraction of sp³-hybridized carbons (Fsp3) is 0.0833. The van der Waals surface area contributed by atoms with Crippen LogP contribution in [0.5, 0.6) is 0 Å². The molecule has 1 aromatic carbocycles. The second kappa shape index (κ2) is 5.84. The minimum Gasteiger partial charge on any atom is -0.366 e. The molecule has 0 aliphatic heterocycles. The van der Waals surface area contributed by atoms with Crippen LogP contribution in [-0.2, 0) is 10.0 Å². The normalized spacial score (nSPS) is 11.4. The summed E-state index contributed by atoms with van der Waals surface area (Å²) in [6.07, 6.45) is 0. The summed E-state index contributed by atoms with van der Waals surface area (Å²) >= 11 is 12.6. The van der Waals surface area contributed by atoms with Gasteiger partial charge in [0.1, 0.15) is 9.23 Å². The van der Waals surface area contributed by atoms with E-state index in [1.807, 2.05) is 0 Å². The van der Waals surface area contributed by atoms with Crippen LogP contribution in [0.3, 0.4) is 0 Å². The Hall–Kier alpha value is -1.28. The number of thiophene rings is 1. The van der Waals surface area contributed by atoms with Crippen molar-refractivity contribution in [2.45, 2.75) is 11.8 Å². The Morgan fingerprint density at radius 1 is 1.33 bits per heavy atom. The summed E-state index contributed by atoms with van der Waals surface area (Å²) in [6, 6.07) is 5.96. The summed E-state index contributed by atoms with van der Waals surface area (Å²) < 4.78 is 27.4. The summed E-state index contributed by atoms with van der Waals surface area (Å²) in [5.74, 6) is -0.731. The van der Waals surface area contributed by atoms with E-state index in [9.17, 15) is 13.2 Å². The first-order valence-corrected chi connectivity index (χ1v) is 8.65. The molecule has 2 aromatic rings. The van der Waals surface area contributed by atoms with Crippen LogP contribution >= 0.6 is 34.5 Å². The average molecular weight is 365 g/mol. The molecule has 0 spiro atoms. The highest BCUT2D eigenvalue weighted by molar-refractivity contribution is 7.93. The van der Waals surface area contributed by atoms with Gasteiger partial charge in [0.25, 0.3) is 15.9 Å². The molecule has 9 heteroatoms. The van der Waals surface area contributed by atoms with E-state index in [1.54, 1.807) is 19.1 Å². The maximum absolute atomic E-state index is 12.4. The number of hydrogen-bond acceptors (Lipinski definition) is 4. The summed E-state index contributed by atoms with van der Waals surface area (Å²) in [4.78, 5) is 11.3. The molecule has 0 unspecified atom stereocenters. The molecule has 1 amide bonds. The fourth-order valence-corrected chi connectivity index (χ4v) is 5.01. The van der Waals surface area contributed by atoms with Crippen molar-refractivity contribution in [3.63, 3.8) is 0 Å². The second-order valence-electron chi connectivity index (χ2n) is 4.16. The number of nitrogens with two attached hydrogens (primary N) is 1. The lowest BCUT2D eigenvalue weighted by Crippen LogP contribution is -2.19. The maximum Gasteiger partial charge on any atom is 0.264 e. The zero-order valence-corrected chi connectivity index (χ0v) is 13.8. The lowest BCUT2D eigenvalue weighted by Gasteiger charge is -2.13. The van der Waals surface area contributed by atoms with Gasteiger partial charge in [-0.15, -0.1) is 11.3 Å². The molecule has 0 saturated carbocycles. The molecule has 0 saturated heterocycles. The van der Waals surface area contributed by atoms with Crippen LogP contribution in [-0.4, -0.2) is 14.3 Å². The molecule has 1 heterocycles. The fourth-order valence-electron chi connectivity index (χ4n) is 1.71. The van der Waals surface area contributed by atoms with Crippen molar-refractivity contribution in [1.82, 2.24) is 0 Å². The van der Waals surface area contributed by atoms with E-state index in [4.69, 9.17) is 28.9 Å². The predicted octanol–water partition coefficient (Wildman–Crippen LogP) is 3.26. The molecule has 0 aliphatic carbocycles. The van der Waals surface area contributed by atoms with E-state index in [2.05, 4.69) is 4.72 Å². The van der Waals surface area contributed by atoms with Crippen LogP contribution in [0.1, 0.15) is 15.9 Å². The Bertz CT molecular complexity index is 816. The number of amides is 1. The van der Waals surface area contributed by atoms with Crippen LogP contribution in [0, 0.1) is 6.92 Å². The first-order chi connectivity index (χ1) is 9.72. The largest absolute Gasteiger partial charge is 0.366 e. The highest BCUT2D eigenvalue weighted by atomic mass is 35.5. The molecule has 0 radical (unpaired) electrons. The summed E-state index contributed by atoms with van der Waals surface area (Å²) in [5.41, 5.74) is 6.03. The summed E-state index contributed by atoms with van der Waals surface area (Å²) in [6.45, 7) is 1.66. The van der Waals surface area contributed by atoms with Gasteiger partial charge in [0.15, 0.2) is 0 Å². The molecule has 3 N–H and O–H groups in total. The maximum atomic E-state index is 12.4. The zero-order chi connectivity index (χ0) is 15.8. The minimum atomic E-state index is -3.97. The predicted molar refractivity (Wildman–Crippen MR) is 84.8 cm³/mol. The first kappa shape index (κ1) is 16.1. The molecule has 5 nitrogen and oxygen atoms in total. The molecule has 112 valence electrons. The van der Waals surface area contributed by atoms with Gasteiger partial charge >= 0.3 is 0 Å². The monoisotopic (exact) mass is 364 g/mol. The van der Waals surface area contributed by atoms with Gasteiger partial charge in [-0.1, -0.05) is 35.3 Å². The second-order valence-corrected chi connectivity index (χ2v) is 8.09. The number of hydrogen-bond donors (Lipinski definition) is 2. The van der Waals surface area contributed by atoms with E-state index < -0.39 is 15.9 Å². The number of halogens is 2. The van der Waals surface area contributed by atoms with Crippen molar-refractivity contribution < 1.29 is 13.2 Å². The van der Waals surface area contributed by atoms with Gasteiger partial charge in [0.2, 0.25) is 0 Å². The lowest BCUT2D eigenvalue weighted by atomic mass is 10.1. The third-order valence-electron chi connectivity index (χ3n) is 2.69. The Kier molecular flexibility index (Phi) is 4.48. The summed E-state index contributed by atoms with van der Waals surface area (Å²) in [5, 5.41) is 0. The van der Waals surface area contributed by atoms with Gasteiger partial charge in [0.05, 0.1) is 15.6 Å². The highest BCUT2D eigenvalue weighted by Gasteiger charge is 2.23. The Morgan fingerprint density at radius 3 is 2.52 bits per heavy atom. The SMILES string of the molecule is Cc1cccc(C(N)=O)c1NS(=O)(=O)c1cc(Cl)sc1Cl. The van der Waals surface area contributed by atoms with E-state index in [-0.39, 0.29) is 24.8 Å². The Morgan fingerprint density at radius 2 is 2.00 bits per heavy atom. The van der Waals surface area contributed by atoms with Gasteiger partial charge in [-0.05, 0) is 24.6 Å². The highest BCUT2D eigenvalue weighted by Crippen LogP contribution is 2.35. The Balaban J connectivity index is 2.52. The van der Waals surface area contributed by atoms with Gasteiger partial charge < -0.3 is 5.73 Å². The van der Waals surface area contributed by atoms with E-state index in [0.29, 0.717) is 5.56 Å². The van der Waals surface area contributed by atoms with Crippen LogP contribution in [0.25, 0.3) is 0 Å². The van der Waals surface area contributed by atoms with Gasteiger partial charge in [-0.3, -0.25) is 9.52 Å². The number of anilines is 1. The van der Waals surface area contributed by atoms with Crippen LogP contribution in [0.4, 0.5) is 5.69 Å². The first-order valence-electron chi connectivity index (χ1n) is 5.59. The number of sulfonamides is 1. The summed E-state index contributed by atoms with van der Waals surface area (Å²) in [7, 11) is -3.97. The zero-order valence-electron chi connectivity index (χ0n) is 10.7.